The van der Waals surface area contributed by atoms with Crippen molar-refractivity contribution in [1.82, 2.24) is 58.1 Å². The largest absolute Gasteiger partial charge is 0.508 e. The zero-order chi connectivity index (χ0) is 70.2. The second-order valence-corrected chi connectivity index (χ2v) is 24.8. The molecule has 518 valence electrons. The number of hydrogen-bond donors (Lipinski definition) is 15. The van der Waals surface area contributed by atoms with Crippen LogP contribution in [0, 0.1) is 5.92 Å². The Morgan fingerprint density at radius 3 is 1.91 bits per heavy atom. The highest BCUT2D eigenvalue weighted by molar-refractivity contribution is 6.30. The highest BCUT2D eigenvalue weighted by Crippen LogP contribution is 2.22. The van der Waals surface area contributed by atoms with Gasteiger partial charge in [-0.1, -0.05) is 92.2 Å². The molecule has 4 aromatic carbocycles. The fourth-order valence-electron chi connectivity index (χ4n) is 11.1. The lowest BCUT2D eigenvalue weighted by Crippen LogP contribution is -2.61. The van der Waals surface area contributed by atoms with Gasteiger partial charge in [0.25, 0.3) is 0 Å². The lowest BCUT2D eigenvalue weighted by atomic mass is 9.98. The number of carbonyl (C=O) groups is 12. The number of amides is 12. The smallest absolute Gasteiger partial charge is 0.245 e. The number of nitrogens with one attached hydrogen (secondary N) is 10. The number of primary amides is 1. The molecule has 2 aliphatic rings. The number of aliphatic imine (C=N–C) groups is 1. The van der Waals surface area contributed by atoms with Crippen molar-refractivity contribution in [2.24, 2.45) is 28.1 Å². The van der Waals surface area contributed by atoms with Gasteiger partial charge in [-0.05, 0) is 116 Å². The number of hydrogen-bond acceptors (Lipinski definition) is 15. The van der Waals surface area contributed by atoms with Crippen LogP contribution in [0.5, 0.6) is 5.75 Å². The van der Waals surface area contributed by atoms with Crippen LogP contribution in [0.25, 0.3) is 10.8 Å². The van der Waals surface area contributed by atoms with Gasteiger partial charge in [-0.2, -0.15) is 0 Å². The van der Waals surface area contributed by atoms with E-state index < -0.39 is 144 Å². The van der Waals surface area contributed by atoms with Gasteiger partial charge in [0.2, 0.25) is 70.9 Å². The Morgan fingerprint density at radius 2 is 1.27 bits per heavy atom. The number of carbonyl (C=O) groups excluding carboxylic acids is 12. The maximum Gasteiger partial charge on any atom is 0.245 e. The third-order valence-corrected chi connectivity index (χ3v) is 16.4. The summed E-state index contributed by atoms with van der Waals surface area (Å²) in [5.74, 6) is -10.3. The molecule has 96 heavy (non-hydrogen) atoms. The first-order valence-electron chi connectivity index (χ1n) is 31.9. The van der Waals surface area contributed by atoms with Crippen molar-refractivity contribution in [3.8, 4) is 5.75 Å². The number of rotatable bonds is 28. The Morgan fingerprint density at radius 1 is 0.667 bits per heavy atom. The summed E-state index contributed by atoms with van der Waals surface area (Å²) >= 11 is 6.06. The van der Waals surface area contributed by atoms with Gasteiger partial charge < -0.3 is 85.5 Å². The summed E-state index contributed by atoms with van der Waals surface area (Å²) in [4.78, 5) is 172. The summed E-state index contributed by atoms with van der Waals surface area (Å²) in [5.41, 5.74) is 18.2. The molecular weight excluding hydrogens is 1260 g/mol. The van der Waals surface area contributed by atoms with E-state index in [9.17, 15) is 58.2 Å². The van der Waals surface area contributed by atoms with E-state index in [1.807, 2.05) is 36.4 Å². The number of fused-ring (bicyclic) bond motifs is 1. The summed E-state index contributed by atoms with van der Waals surface area (Å²) in [7, 11) is 0. The Hall–Kier alpha value is -9.90. The van der Waals surface area contributed by atoms with Gasteiger partial charge >= 0.3 is 0 Å². The quantitative estimate of drug-likeness (QED) is 0.0182. The molecule has 12 amide bonds. The van der Waals surface area contributed by atoms with E-state index >= 15 is 9.59 Å². The van der Waals surface area contributed by atoms with Gasteiger partial charge in [-0.15, -0.1) is 0 Å². The minimum Gasteiger partial charge on any atom is -0.508 e. The van der Waals surface area contributed by atoms with Crippen LogP contribution in [0.2, 0.25) is 5.02 Å². The van der Waals surface area contributed by atoms with Crippen molar-refractivity contribution in [1.29, 1.82) is 0 Å². The summed E-state index contributed by atoms with van der Waals surface area (Å²) in [6.07, 6.45) is 0.136. The van der Waals surface area contributed by atoms with Gasteiger partial charge in [0.05, 0.1) is 13.0 Å². The molecule has 0 radical (unpaired) electrons. The average Bonchev–Trinajstić information content (AvgIpc) is 1.49. The molecule has 4 aromatic rings. The van der Waals surface area contributed by atoms with Crippen LogP contribution in [0.1, 0.15) is 102 Å². The molecule has 4 unspecified atom stereocenters. The monoisotopic (exact) mass is 1350 g/mol. The Balaban J connectivity index is 1.25. The van der Waals surface area contributed by atoms with Crippen LogP contribution in [-0.4, -0.2) is 179 Å². The van der Waals surface area contributed by atoms with Crippen LogP contribution in [0.15, 0.2) is 96.0 Å². The number of aliphatic hydroxyl groups is 1. The van der Waals surface area contributed by atoms with Gasteiger partial charge in [-0.25, -0.2) is 0 Å². The number of likely N-dealkylation sites (tertiary alicyclic amines) is 1. The summed E-state index contributed by atoms with van der Waals surface area (Å²) in [6.45, 7) is 5.36. The maximum absolute atomic E-state index is 15.0. The van der Waals surface area contributed by atoms with Gasteiger partial charge in [0.1, 0.15) is 66.2 Å². The molecule has 2 fully saturated rings. The molecule has 10 atom stereocenters. The van der Waals surface area contributed by atoms with Gasteiger partial charge in [-0.3, -0.25) is 62.5 Å². The molecule has 2 heterocycles. The molecule has 0 spiro atoms. The first-order valence-corrected chi connectivity index (χ1v) is 32.3. The zero-order valence-corrected chi connectivity index (χ0v) is 54.9. The third kappa shape index (κ3) is 23.5. The zero-order valence-electron chi connectivity index (χ0n) is 54.1. The molecule has 2 aliphatic heterocycles. The molecule has 2 saturated heterocycles. The van der Waals surface area contributed by atoms with E-state index in [0.29, 0.717) is 28.1 Å². The number of aliphatic hydroxyl groups excluding tert-OH is 1. The average molecular weight is 1350 g/mol. The molecule has 0 bridgehead atoms. The predicted octanol–water partition coefficient (Wildman–Crippen LogP) is -1.11. The number of nitrogens with zero attached hydrogens (tertiary/aromatic N) is 2. The number of nitrogens with two attached hydrogens (primary N) is 3. The maximum atomic E-state index is 15.0. The molecule has 30 heteroatoms. The van der Waals surface area contributed by atoms with Crippen molar-refractivity contribution >= 4 is 99.2 Å². The Labute approximate surface area is 560 Å². The van der Waals surface area contributed by atoms with E-state index in [1.54, 1.807) is 44.2 Å². The standard InChI is InChI=1S/C66H88ClN15O14/c1-36(2)29-48(59(90)76-47(14-9-27-72-66(69)70)65(96)82-28-10-15-54(82)64(95)73-37(3)56(68)87)77-61(92)51(33-41-16-21-42-11-5-6-12-43(42)30-41)79-60(91)50(32-40-19-24-45(85)25-20-40)80-63(94)53(35-83)81-58(89)46-13-7-8-26-71-57(88)49(31-39-17-22-44(67)23-18-39)78-62(93)52(74-38(4)84)34-55(86)75-46/h5-6,11-12,16-25,30,36-37,46-54,83,85H,7-10,13-15,26-29,31-35H2,1-4H3,(H2,68,87)(H,71,88)(H,73,95)(H,74,84)(H,75,86)(H,76,90)(H,77,92)(H,78,93)(H,79,91)(H,80,94)(H,81,89)(H4,69,70,72)/t37?,46?,47-,48+,49+,50-,51?,52?,53-,54+/m0/s1. The van der Waals surface area contributed by atoms with Crippen LogP contribution < -0.4 is 70.4 Å². The van der Waals surface area contributed by atoms with Crippen molar-refractivity contribution in [3.63, 3.8) is 0 Å². The normalized spacial score (nSPS) is 18.8. The van der Waals surface area contributed by atoms with Crippen molar-refractivity contribution < 1.29 is 67.7 Å². The number of phenols is 1. The highest BCUT2D eigenvalue weighted by Gasteiger charge is 2.40. The second kappa shape index (κ2) is 36.7. The number of guanidine groups is 1. The Kier molecular flexibility index (Phi) is 28.7. The van der Waals surface area contributed by atoms with Crippen molar-refractivity contribution in [2.45, 2.75) is 165 Å². The van der Waals surface area contributed by atoms with Crippen LogP contribution in [0.4, 0.5) is 0 Å². The van der Waals surface area contributed by atoms with Crippen LogP contribution >= 0.6 is 11.6 Å². The second-order valence-electron chi connectivity index (χ2n) is 24.4. The first-order chi connectivity index (χ1) is 45.7. The van der Waals surface area contributed by atoms with Gasteiger partial charge in [0, 0.05) is 50.8 Å². The van der Waals surface area contributed by atoms with Crippen LogP contribution in [-0.2, 0) is 76.8 Å². The lowest BCUT2D eigenvalue weighted by molar-refractivity contribution is -0.142. The van der Waals surface area contributed by atoms with E-state index in [0.717, 1.165) is 17.7 Å². The van der Waals surface area contributed by atoms with E-state index in [-0.39, 0.29) is 101 Å². The lowest BCUT2D eigenvalue weighted by Gasteiger charge is -2.31. The van der Waals surface area contributed by atoms with Gasteiger partial charge in [0.15, 0.2) is 5.96 Å². The molecule has 0 saturated carbocycles. The van der Waals surface area contributed by atoms with Crippen molar-refractivity contribution in [2.75, 3.05) is 26.2 Å². The van der Waals surface area contributed by atoms with E-state index in [1.165, 1.54) is 36.1 Å². The Bertz CT molecular complexity index is 3460. The highest BCUT2D eigenvalue weighted by atomic mass is 35.5. The molecular formula is C66H88ClN15O14. The van der Waals surface area contributed by atoms with E-state index in [4.69, 9.17) is 28.8 Å². The van der Waals surface area contributed by atoms with E-state index in [2.05, 4.69) is 58.2 Å². The number of aromatic hydroxyl groups is 1. The third-order valence-electron chi connectivity index (χ3n) is 16.2. The molecule has 0 aromatic heterocycles. The van der Waals surface area contributed by atoms with Crippen LogP contribution in [0.3, 0.4) is 0 Å². The number of halogens is 1. The first kappa shape index (κ1) is 75.1. The molecule has 18 N–H and O–H groups in total. The number of phenolic OH excluding ortho intramolecular Hbond substituents is 1. The fourth-order valence-corrected chi connectivity index (χ4v) is 11.2. The topological polar surface area (TPSA) is 459 Å². The van der Waals surface area contributed by atoms with Crippen molar-refractivity contribution in [3.05, 3.63) is 113 Å². The SMILES string of the molecule is CC(=O)NC1CC(=O)NC(C(=O)N[C@@H](CO)C(=O)N[C@@H](Cc2ccc(O)cc2)C(=O)NC(Cc2ccc3ccccc3c2)C(=O)N[C@H](CC(C)C)C(=O)N[C@@H](CCCN=C(N)N)C(=O)N2CCC[C@@H]2C(=O)NC(C)C(N)=O)CCCCNC(=O)[C@@H](Cc2ccc(Cl)cc2)NC1=O. The summed E-state index contributed by atoms with van der Waals surface area (Å²) in [6, 6.07) is 11.4. The minimum atomic E-state index is -1.79. The summed E-state index contributed by atoms with van der Waals surface area (Å²) < 4.78 is 0. The predicted molar refractivity (Wildman–Crippen MR) is 355 cm³/mol. The summed E-state index contributed by atoms with van der Waals surface area (Å²) in [5, 5.41) is 49.4. The molecule has 29 nitrogen and oxygen atoms in total. The minimum absolute atomic E-state index is 0.0149. The number of benzene rings is 4. The fraction of sp³-hybridized carbons (Fsp3) is 0.470. The molecule has 6 rings (SSSR count). The molecule has 0 aliphatic carbocycles.